The fourth-order valence-corrected chi connectivity index (χ4v) is 2.74. The van der Waals surface area contributed by atoms with Crippen molar-refractivity contribution in [3.8, 4) is 0 Å². The fraction of sp³-hybridized carbons (Fsp3) is 0.100. The summed E-state index contributed by atoms with van der Waals surface area (Å²) in [5.74, 6) is -0.548. The monoisotopic (exact) mass is 406 g/mol. The minimum Gasteiger partial charge on any atom is -0.322 e. The number of anilines is 1. The molecule has 0 spiro atoms. The van der Waals surface area contributed by atoms with E-state index in [-0.39, 0.29) is 23.4 Å². The Kier molecular flexibility index (Phi) is 5.56. The number of rotatable bonds is 4. The molecule has 3 rings (SSSR count). The number of aromatic nitrogens is 1. The average Bonchev–Trinajstić information content (AvgIpc) is 2.65. The van der Waals surface area contributed by atoms with Crippen molar-refractivity contribution < 1.29 is 18.0 Å². The van der Waals surface area contributed by atoms with Crippen LogP contribution in [-0.4, -0.2) is 10.5 Å². The predicted molar refractivity (Wildman–Crippen MR) is 101 cm³/mol. The second-order valence-corrected chi connectivity index (χ2v) is 6.41. The predicted octanol–water partition coefficient (Wildman–Crippen LogP) is 4.82. The largest absolute Gasteiger partial charge is 0.416 e. The van der Waals surface area contributed by atoms with Gasteiger partial charge in [-0.1, -0.05) is 29.8 Å². The van der Waals surface area contributed by atoms with Crippen LogP contribution in [0.2, 0.25) is 5.02 Å². The van der Waals surface area contributed by atoms with Gasteiger partial charge in [-0.15, -0.1) is 0 Å². The average molecular weight is 407 g/mol. The van der Waals surface area contributed by atoms with E-state index in [1.54, 1.807) is 24.3 Å². The van der Waals surface area contributed by atoms with Crippen molar-refractivity contribution in [2.24, 2.45) is 0 Å². The van der Waals surface area contributed by atoms with Gasteiger partial charge >= 0.3 is 6.18 Å². The molecular formula is C20H14ClF3N2O2. The van der Waals surface area contributed by atoms with Crippen molar-refractivity contribution in [2.75, 3.05) is 5.32 Å². The Hall–Kier alpha value is -3.06. The molecule has 8 heteroatoms. The number of benzene rings is 2. The van der Waals surface area contributed by atoms with Gasteiger partial charge in [0.15, 0.2) is 0 Å². The normalized spacial score (nSPS) is 11.3. The standard InChI is InChI=1S/C20H14ClF3N2O2/c21-17-4-2-1-3-13(17)11-26-12-14(5-10-18(26)27)19(28)25-16-8-6-15(7-9-16)20(22,23)24/h1-10,12H,11H2,(H,25,28). The van der Waals surface area contributed by atoms with Crippen LogP contribution in [-0.2, 0) is 12.7 Å². The van der Waals surface area contributed by atoms with Crippen molar-refractivity contribution in [2.45, 2.75) is 12.7 Å². The van der Waals surface area contributed by atoms with Gasteiger partial charge in [0.1, 0.15) is 0 Å². The highest BCUT2D eigenvalue weighted by molar-refractivity contribution is 6.31. The van der Waals surface area contributed by atoms with Gasteiger partial charge in [-0.05, 0) is 42.0 Å². The third kappa shape index (κ3) is 4.61. The van der Waals surface area contributed by atoms with Crippen LogP contribution < -0.4 is 10.9 Å². The zero-order chi connectivity index (χ0) is 20.3. The van der Waals surface area contributed by atoms with Gasteiger partial charge in [-0.3, -0.25) is 9.59 Å². The van der Waals surface area contributed by atoms with Gasteiger partial charge in [0.2, 0.25) is 0 Å². The SMILES string of the molecule is O=C(Nc1ccc(C(F)(F)F)cc1)c1ccc(=O)n(Cc2ccccc2Cl)c1. The van der Waals surface area contributed by atoms with E-state index >= 15 is 0 Å². The summed E-state index contributed by atoms with van der Waals surface area (Å²) in [6, 6.07) is 13.7. The number of hydrogen-bond donors (Lipinski definition) is 1. The first kappa shape index (κ1) is 19.7. The minimum absolute atomic E-state index is 0.180. The third-order valence-electron chi connectivity index (χ3n) is 4.01. The van der Waals surface area contributed by atoms with Gasteiger partial charge in [0.25, 0.3) is 11.5 Å². The topological polar surface area (TPSA) is 51.1 Å². The molecule has 0 aliphatic heterocycles. The lowest BCUT2D eigenvalue weighted by Crippen LogP contribution is -2.22. The Morgan fingerprint density at radius 1 is 1.00 bits per heavy atom. The second kappa shape index (κ2) is 7.90. The number of hydrogen-bond acceptors (Lipinski definition) is 2. The molecule has 1 amide bonds. The van der Waals surface area contributed by atoms with E-state index in [2.05, 4.69) is 5.32 Å². The lowest BCUT2D eigenvalue weighted by Gasteiger charge is -2.11. The van der Waals surface area contributed by atoms with E-state index in [0.29, 0.717) is 10.6 Å². The highest BCUT2D eigenvalue weighted by Crippen LogP contribution is 2.29. The molecule has 0 bridgehead atoms. The molecule has 0 unspecified atom stereocenters. The Labute approximate surface area is 163 Å². The molecule has 0 aliphatic carbocycles. The van der Waals surface area contributed by atoms with E-state index in [1.165, 1.54) is 35.0 Å². The van der Waals surface area contributed by atoms with Crippen LogP contribution in [0.25, 0.3) is 0 Å². The van der Waals surface area contributed by atoms with E-state index in [9.17, 15) is 22.8 Å². The van der Waals surface area contributed by atoms with Crippen LogP contribution in [0.3, 0.4) is 0 Å². The molecule has 0 atom stereocenters. The summed E-state index contributed by atoms with van der Waals surface area (Å²) < 4.78 is 39.2. The molecule has 28 heavy (non-hydrogen) atoms. The maximum atomic E-state index is 12.6. The van der Waals surface area contributed by atoms with Gasteiger partial charge in [0, 0.05) is 23.0 Å². The van der Waals surface area contributed by atoms with Crippen molar-refractivity contribution >= 4 is 23.2 Å². The quantitative estimate of drug-likeness (QED) is 0.675. The van der Waals surface area contributed by atoms with Gasteiger partial charge in [-0.25, -0.2) is 0 Å². The summed E-state index contributed by atoms with van der Waals surface area (Å²) in [4.78, 5) is 24.5. The molecule has 2 aromatic carbocycles. The first-order chi connectivity index (χ1) is 13.2. The van der Waals surface area contributed by atoms with Crippen molar-refractivity contribution in [1.82, 2.24) is 4.57 Å². The first-order valence-electron chi connectivity index (χ1n) is 8.16. The van der Waals surface area contributed by atoms with Crippen molar-refractivity contribution in [3.05, 3.63) is 98.9 Å². The van der Waals surface area contributed by atoms with Crippen molar-refractivity contribution in [3.63, 3.8) is 0 Å². The zero-order valence-electron chi connectivity index (χ0n) is 14.3. The number of carbonyl (C=O) groups excluding carboxylic acids is 1. The van der Waals surface area contributed by atoms with Crippen LogP contribution in [0.15, 0.2) is 71.7 Å². The number of halogens is 4. The number of alkyl halides is 3. The lowest BCUT2D eigenvalue weighted by molar-refractivity contribution is -0.137. The molecule has 1 heterocycles. The van der Waals surface area contributed by atoms with Crippen molar-refractivity contribution in [1.29, 1.82) is 0 Å². The van der Waals surface area contributed by atoms with Crippen LogP contribution in [0.5, 0.6) is 0 Å². The molecule has 1 aromatic heterocycles. The molecule has 144 valence electrons. The van der Waals surface area contributed by atoms with E-state index in [4.69, 9.17) is 11.6 Å². The van der Waals surface area contributed by atoms with E-state index in [0.717, 1.165) is 12.1 Å². The lowest BCUT2D eigenvalue weighted by atomic mass is 10.2. The van der Waals surface area contributed by atoms with Crippen LogP contribution >= 0.6 is 11.6 Å². The summed E-state index contributed by atoms with van der Waals surface area (Å²) in [5.41, 5.74) is -0.00948. The fourth-order valence-electron chi connectivity index (χ4n) is 2.55. The van der Waals surface area contributed by atoms with Gasteiger partial charge in [0.05, 0.1) is 17.7 Å². The van der Waals surface area contributed by atoms with Crippen LogP contribution in [0.1, 0.15) is 21.5 Å². The second-order valence-electron chi connectivity index (χ2n) is 6.00. The highest BCUT2D eigenvalue weighted by atomic mass is 35.5. The summed E-state index contributed by atoms with van der Waals surface area (Å²) in [7, 11) is 0. The molecule has 1 N–H and O–H groups in total. The number of amides is 1. The maximum absolute atomic E-state index is 12.6. The highest BCUT2D eigenvalue weighted by Gasteiger charge is 2.30. The van der Waals surface area contributed by atoms with Crippen LogP contribution in [0, 0.1) is 0 Å². The zero-order valence-corrected chi connectivity index (χ0v) is 15.1. The minimum atomic E-state index is -4.45. The first-order valence-corrected chi connectivity index (χ1v) is 8.54. The number of nitrogens with zero attached hydrogens (tertiary/aromatic N) is 1. The summed E-state index contributed by atoms with van der Waals surface area (Å²) in [6.07, 6.45) is -3.07. The summed E-state index contributed by atoms with van der Waals surface area (Å²) in [6.45, 7) is 0.180. The Balaban J connectivity index is 1.79. The molecule has 0 saturated heterocycles. The van der Waals surface area contributed by atoms with E-state index in [1.807, 2.05) is 0 Å². The summed E-state index contributed by atoms with van der Waals surface area (Å²) in [5, 5.41) is 3.01. The number of pyridine rings is 1. The third-order valence-corrected chi connectivity index (χ3v) is 4.38. The Bertz CT molecular complexity index is 1060. The van der Waals surface area contributed by atoms with Gasteiger partial charge in [-0.2, -0.15) is 13.2 Å². The maximum Gasteiger partial charge on any atom is 0.416 e. The molecule has 0 radical (unpaired) electrons. The Morgan fingerprint density at radius 3 is 2.32 bits per heavy atom. The molecular weight excluding hydrogens is 393 g/mol. The molecule has 0 fully saturated rings. The summed E-state index contributed by atoms with van der Waals surface area (Å²) >= 11 is 6.11. The Morgan fingerprint density at radius 2 is 1.68 bits per heavy atom. The molecule has 0 aliphatic rings. The number of carbonyl (C=O) groups is 1. The number of nitrogens with one attached hydrogen (secondary N) is 1. The molecule has 0 saturated carbocycles. The van der Waals surface area contributed by atoms with Gasteiger partial charge < -0.3 is 9.88 Å². The molecule has 4 nitrogen and oxygen atoms in total. The van der Waals surface area contributed by atoms with Crippen LogP contribution in [0.4, 0.5) is 18.9 Å². The molecule has 3 aromatic rings. The van der Waals surface area contributed by atoms with E-state index < -0.39 is 17.6 Å². The smallest absolute Gasteiger partial charge is 0.322 e.